The third-order valence-corrected chi connectivity index (χ3v) is 3.01. The number of aryl methyl sites for hydroxylation is 1. The van der Waals surface area contributed by atoms with E-state index in [0.29, 0.717) is 0 Å². The Kier molecular flexibility index (Phi) is 2.18. The highest BCUT2D eigenvalue weighted by Gasteiger charge is 2.28. The molecule has 2 aromatic rings. The molecular formula is C12H11N3O2. The fourth-order valence-corrected chi connectivity index (χ4v) is 2.24. The van der Waals surface area contributed by atoms with Crippen LogP contribution in [0.4, 0.5) is 0 Å². The van der Waals surface area contributed by atoms with Crippen LogP contribution in [-0.2, 0) is 6.42 Å². The Bertz CT molecular complexity index is 562. The van der Waals surface area contributed by atoms with E-state index in [1.54, 1.807) is 4.68 Å². The molecule has 0 radical (unpaired) electrons. The molecule has 0 saturated carbocycles. The van der Waals surface area contributed by atoms with Gasteiger partial charge in [0.25, 0.3) is 5.82 Å². The van der Waals surface area contributed by atoms with Gasteiger partial charge in [-0.05, 0) is 12.0 Å². The lowest BCUT2D eigenvalue weighted by Gasteiger charge is -2.11. The minimum Gasteiger partial charge on any atom is -0.475 e. The maximum Gasteiger partial charge on any atom is 0.375 e. The van der Waals surface area contributed by atoms with E-state index in [1.165, 1.54) is 0 Å². The van der Waals surface area contributed by atoms with Crippen molar-refractivity contribution < 1.29 is 9.90 Å². The summed E-state index contributed by atoms with van der Waals surface area (Å²) in [5, 5.41) is 12.9. The summed E-state index contributed by atoms with van der Waals surface area (Å²) in [4.78, 5) is 14.8. The van der Waals surface area contributed by atoms with Crippen LogP contribution in [0.5, 0.6) is 0 Å². The van der Waals surface area contributed by atoms with Crippen molar-refractivity contribution in [1.29, 1.82) is 0 Å². The summed E-state index contributed by atoms with van der Waals surface area (Å²) in [5.41, 5.74) is 1.15. The molecule has 0 amide bonds. The number of hydrogen-bond donors (Lipinski definition) is 1. The van der Waals surface area contributed by atoms with Crippen molar-refractivity contribution >= 4 is 5.97 Å². The molecule has 3 rings (SSSR count). The number of aromatic nitrogens is 3. The van der Waals surface area contributed by atoms with Gasteiger partial charge in [0.15, 0.2) is 0 Å². The van der Waals surface area contributed by atoms with Crippen LogP contribution in [0.3, 0.4) is 0 Å². The van der Waals surface area contributed by atoms with Gasteiger partial charge in [-0.3, -0.25) is 0 Å². The van der Waals surface area contributed by atoms with E-state index >= 15 is 0 Å². The van der Waals surface area contributed by atoms with Crippen LogP contribution >= 0.6 is 0 Å². The Morgan fingerprint density at radius 2 is 2.12 bits per heavy atom. The molecule has 1 aromatic heterocycles. The van der Waals surface area contributed by atoms with Crippen LogP contribution in [-0.4, -0.2) is 25.8 Å². The molecule has 0 aliphatic carbocycles. The molecule has 0 spiro atoms. The molecule has 86 valence electrons. The topological polar surface area (TPSA) is 68.0 Å². The van der Waals surface area contributed by atoms with Gasteiger partial charge in [0.2, 0.25) is 0 Å². The second-order valence-electron chi connectivity index (χ2n) is 4.07. The zero-order chi connectivity index (χ0) is 11.8. The summed E-state index contributed by atoms with van der Waals surface area (Å²) in [7, 11) is 0. The highest BCUT2D eigenvalue weighted by atomic mass is 16.4. The van der Waals surface area contributed by atoms with Crippen molar-refractivity contribution in [2.45, 2.75) is 18.9 Å². The Morgan fingerprint density at radius 1 is 1.35 bits per heavy atom. The fourth-order valence-electron chi connectivity index (χ4n) is 2.24. The molecule has 1 aromatic carbocycles. The number of benzene rings is 1. The Labute approximate surface area is 97.7 Å². The Balaban J connectivity index is 2.01. The predicted molar refractivity (Wildman–Crippen MR) is 59.9 cm³/mol. The predicted octanol–water partition coefficient (Wildman–Crippen LogP) is 1.51. The molecule has 17 heavy (non-hydrogen) atoms. The molecule has 0 saturated heterocycles. The summed E-state index contributed by atoms with van der Waals surface area (Å²) in [6.07, 6.45) is 1.71. The molecule has 2 heterocycles. The number of nitrogens with zero attached hydrogens (tertiary/aromatic N) is 3. The molecule has 5 nitrogen and oxygen atoms in total. The lowest BCUT2D eigenvalue weighted by molar-refractivity contribution is 0.0683. The van der Waals surface area contributed by atoms with Crippen LogP contribution in [0.2, 0.25) is 0 Å². The molecule has 0 bridgehead atoms. The quantitative estimate of drug-likeness (QED) is 0.847. The van der Waals surface area contributed by atoms with Crippen LogP contribution in [0.1, 0.15) is 34.5 Å². The van der Waals surface area contributed by atoms with Crippen molar-refractivity contribution in [2.24, 2.45) is 0 Å². The third kappa shape index (κ3) is 1.60. The molecule has 1 atom stereocenters. The monoisotopic (exact) mass is 229 g/mol. The van der Waals surface area contributed by atoms with Gasteiger partial charge in [0, 0.05) is 6.42 Å². The van der Waals surface area contributed by atoms with Crippen LogP contribution in [0, 0.1) is 0 Å². The second-order valence-corrected chi connectivity index (χ2v) is 4.07. The minimum absolute atomic E-state index is 0.111. The van der Waals surface area contributed by atoms with E-state index in [-0.39, 0.29) is 11.9 Å². The SMILES string of the molecule is O=C(O)c1nc2n(n1)[C@@H](c1ccccc1)CC2. The molecule has 5 heteroatoms. The van der Waals surface area contributed by atoms with E-state index < -0.39 is 5.97 Å². The summed E-state index contributed by atoms with van der Waals surface area (Å²) in [6, 6.07) is 10.1. The standard InChI is InChI=1S/C12H11N3O2/c16-12(17)11-13-10-7-6-9(15(10)14-11)8-4-2-1-3-5-8/h1-5,9H,6-7H2,(H,16,17)/t9-/m1/s1. The first-order valence-electron chi connectivity index (χ1n) is 5.49. The van der Waals surface area contributed by atoms with Gasteiger partial charge < -0.3 is 5.11 Å². The number of carbonyl (C=O) groups is 1. The maximum atomic E-state index is 10.8. The number of carboxylic acid groups (broad SMARTS) is 1. The first-order valence-corrected chi connectivity index (χ1v) is 5.49. The lowest BCUT2D eigenvalue weighted by Crippen LogP contribution is -2.09. The summed E-state index contributed by atoms with van der Waals surface area (Å²) in [6.45, 7) is 0. The van der Waals surface area contributed by atoms with Gasteiger partial charge in [-0.2, -0.15) is 0 Å². The average Bonchev–Trinajstić information content (AvgIpc) is 2.89. The molecular weight excluding hydrogens is 218 g/mol. The highest BCUT2D eigenvalue weighted by Crippen LogP contribution is 2.29. The number of rotatable bonds is 2. The van der Waals surface area contributed by atoms with Crippen molar-refractivity contribution in [3.63, 3.8) is 0 Å². The van der Waals surface area contributed by atoms with Gasteiger partial charge in [-0.1, -0.05) is 30.3 Å². The third-order valence-electron chi connectivity index (χ3n) is 3.01. The van der Waals surface area contributed by atoms with Crippen molar-refractivity contribution in [3.8, 4) is 0 Å². The zero-order valence-corrected chi connectivity index (χ0v) is 9.08. The largest absolute Gasteiger partial charge is 0.475 e. The van der Waals surface area contributed by atoms with E-state index in [2.05, 4.69) is 10.1 Å². The Hall–Kier alpha value is -2.17. The van der Waals surface area contributed by atoms with Crippen molar-refractivity contribution in [2.75, 3.05) is 0 Å². The average molecular weight is 229 g/mol. The molecule has 1 aliphatic rings. The van der Waals surface area contributed by atoms with E-state index in [9.17, 15) is 4.79 Å². The smallest absolute Gasteiger partial charge is 0.375 e. The maximum absolute atomic E-state index is 10.8. The molecule has 1 N–H and O–H groups in total. The van der Waals surface area contributed by atoms with Gasteiger partial charge >= 0.3 is 5.97 Å². The van der Waals surface area contributed by atoms with Crippen LogP contribution in [0.25, 0.3) is 0 Å². The Morgan fingerprint density at radius 3 is 2.82 bits per heavy atom. The van der Waals surface area contributed by atoms with E-state index in [0.717, 1.165) is 24.2 Å². The van der Waals surface area contributed by atoms with E-state index in [4.69, 9.17) is 5.11 Å². The number of hydrogen-bond acceptors (Lipinski definition) is 3. The van der Waals surface area contributed by atoms with Crippen LogP contribution < -0.4 is 0 Å². The normalized spacial score (nSPS) is 18.0. The fraction of sp³-hybridized carbons (Fsp3) is 0.250. The van der Waals surface area contributed by atoms with Crippen LogP contribution in [0.15, 0.2) is 30.3 Å². The molecule has 0 fully saturated rings. The van der Waals surface area contributed by atoms with Gasteiger partial charge in [-0.25, -0.2) is 14.5 Å². The first kappa shape index (κ1) is 10.0. The second kappa shape index (κ2) is 3.69. The van der Waals surface area contributed by atoms with Crippen molar-refractivity contribution in [3.05, 3.63) is 47.5 Å². The van der Waals surface area contributed by atoms with Gasteiger partial charge in [0.05, 0.1) is 6.04 Å². The minimum atomic E-state index is -1.07. The summed E-state index contributed by atoms with van der Waals surface area (Å²) < 4.78 is 1.73. The van der Waals surface area contributed by atoms with Gasteiger partial charge in [0.1, 0.15) is 5.82 Å². The van der Waals surface area contributed by atoms with Gasteiger partial charge in [-0.15, -0.1) is 5.10 Å². The van der Waals surface area contributed by atoms with Crippen molar-refractivity contribution in [1.82, 2.24) is 14.8 Å². The molecule has 1 aliphatic heterocycles. The first-order chi connectivity index (χ1) is 8.25. The molecule has 0 unspecified atom stereocenters. The van der Waals surface area contributed by atoms with E-state index in [1.807, 2.05) is 30.3 Å². The number of aromatic carboxylic acids is 1. The zero-order valence-electron chi connectivity index (χ0n) is 9.08. The number of carboxylic acids is 1. The summed E-state index contributed by atoms with van der Waals surface area (Å²) in [5.74, 6) is -0.421. The number of fused-ring (bicyclic) bond motifs is 1. The highest BCUT2D eigenvalue weighted by molar-refractivity contribution is 5.82. The lowest BCUT2D eigenvalue weighted by atomic mass is 10.1. The summed E-state index contributed by atoms with van der Waals surface area (Å²) >= 11 is 0.